The van der Waals surface area contributed by atoms with E-state index >= 15 is 0 Å². The van der Waals surface area contributed by atoms with Gasteiger partial charge in [0.05, 0.1) is 0 Å². The maximum absolute atomic E-state index is 12.9. The van der Waals surface area contributed by atoms with Gasteiger partial charge in [0.25, 0.3) is 11.8 Å². The van der Waals surface area contributed by atoms with Gasteiger partial charge in [0.2, 0.25) is 0 Å². The van der Waals surface area contributed by atoms with Crippen molar-refractivity contribution < 1.29 is 14.4 Å². The number of nitrogens with zero attached hydrogens (tertiary/aromatic N) is 2. The van der Waals surface area contributed by atoms with Crippen molar-refractivity contribution in [2.75, 3.05) is 0 Å². The van der Waals surface area contributed by atoms with E-state index in [1.54, 1.807) is 31.2 Å². The van der Waals surface area contributed by atoms with E-state index in [0.29, 0.717) is 5.56 Å². The first kappa shape index (κ1) is 17.8. The average Bonchev–Trinajstić information content (AvgIpc) is 3.11. The number of carbonyl (C=O) groups excluding carboxylic acids is 3. The summed E-state index contributed by atoms with van der Waals surface area (Å²) in [5.41, 5.74) is 3.71. The molecule has 7 nitrogen and oxygen atoms in total. The molecular formula is C21H20N4O3. The third kappa shape index (κ3) is 2.81. The van der Waals surface area contributed by atoms with E-state index in [1.165, 1.54) is 0 Å². The second-order valence-corrected chi connectivity index (χ2v) is 7.03. The topological polar surface area (TPSA) is 83.4 Å². The summed E-state index contributed by atoms with van der Waals surface area (Å²) in [7, 11) is 0. The number of urea groups is 1. The van der Waals surface area contributed by atoms with E-state index < -0.39 is 23.4 Å². The Kier molecular flexibility index (Phi) is 4.15. The van der Waals surface area contributed by atoms with E-state index in [2.05, 4.69) is 10.7 Å². The van der Waals surface area contributed by atoms with Crippen LogP contribution < -0.4 is 10.7 Å². The highest BCUT2D eigenvalue weighted by molar-refractivity contribution is 6.08. The molecule has 1 saturated heterocycles. The predicted molar refractivity (Wildman–Crippen MR) is 104 cm³/mol. The SMILES string of the molecule is Cc1cc2ccccc2n1CC(=O)NN1C(=O)NC(C)(c2ccccc2)C1=O. The number of carbonyl (C=O) groups is 3. The number of aryl methyl sites for hydroxylation is 1. The highest BCUT2D eigenvalue weighted by atomic mass is 16.2. The van der Waals surface area contributed by atoms with Gasteiger partial charge < -0.3 is 9.88 Å². The summed E-state index contributed by atoms with van der Waals surface area (Å²) in [6.07, 6.45) is 0. The van der Waals surface area contributed by atoms with Crippen LogP contribution in [0, 0.1) is 6.92 Å². The smallest absolute Gasteiger partial charge is 0.335 e. The number of amides is 4. The lowest BCUT2D eigenvalue weighted by Gasteiger charge is -2.22. The summed E-state index contributed by atoms with van der Waals surface area (Å²) in [6.45, 7) is 3.53. The molecule has 0 saturated carbocycles. The standard InChI is InChI=1S/C21H20N4O3/c1-14-12-15-8-6-7-11-17(15)24(14)13-18(26)23-25-19(27)21(2,22-20(25)28)16-9-4-3-5-10-16/h3-12H,13H2,1-2H3,(H,22,28)(H,23,26). The zero-order valence-electron chi connectivity index (χ0n) is 15.6. The normalized spacial score (nSPS) is 19.1. The third-order valence-corrected chi connectivity index (χ3v) is 5.10. The monoisotopic (exact) mass is 376 g/mol. The lowest BCUT2D eigenvalue weighted by molar-refractivity contribution is -0.139. The van der Waals surface area contributed by atoms with Gasteiger partial charge in [0, 0.05) is 11.2 Å². The lowest BCUT2D eigenvalue weighted by atomic mass is 9.92. The zero-order chi connectivity index (χ0) is 19.9. The molecule has 3 aromatic rings. The molecule has 4 amide bonds. The van der Waals surface area contributed by atoms with E-state index in [9.17, 15) is 14.4 Å². The van der Waals surface area contributed by atoms with Crippen LogP contribution in [-0.2, 0) is 21.7 Å². The second kappa shape index (κ2) is 6.53. The average molecular weight is 376 g/mol. The Hall–Kier alpha value is -3.61. The molecule has 0 aliphatic carbocycles. The van der Waals surface area contributed by atoms with Crippen molar-refractivity contribution in [3.8, 4) is 0 Å². The predicted octanol–water partition coefficient (Wildman–Crippen LogP) is 2.45. The van der Waals surface area contributed by atoms with Crippen molar-refractivity contribution in [1.29, 1.82) is 0 Å². The minimum Gasteiger partial charge on any atom is -0.335 e. The van der Waals surface area contributed by atoms with Crippen LogP contribution >= 0.6 is 0 Å². The van der Waals surface area contributed by atoms with Crippen LogP contribution in [0.1, 0.15) is 18.2 Å². The van der Waals surface area contributed by atoms with Gasteiger partial charge >= 0.3 is 6.03 Å². The van der Waals surface area contributed by atoms with Crippen LogP contribution in [0.5, 0.6) is 0 Å². The number of aromatic nitrogens is 1. The molecule has 7 heteroatoms. The van der Waals surface area contributed by atoms with Gasteiger partial charge in [0.1, 0.15) is 12.1 Å². The Bertz CT molecular complexity index is 1090. The van der Waals surface area contributed by atoms with Crippen LogP contribution in [0.4, 0.5) is 4.79 Å². The Morgan fingerprint density at radius 1 is 1.07 bits per heavy atom. The maximum Gasteiger partial charge on any atom is 0.344 e. The first-order chi connectivity index (χ1) is 13.4. The third-order valence-electron chi connectivity index (χ3n) is 5.10. The van der Waals surface area contributed by atoms with Crippen LogP contribution in [0.25, 0.3) is 10.9 Å². The largest absolute Gasteiger partial charge is 0.344 e. The van der Waals surface area contributed by atoms with Crippen LogP contribution in [0.15, 0.2) is 60.7 Å². The number of imide groups is 1. The molecule has 1 aliphatic rings. The minimum atomic E-state index is -1.22. The van der Waals surface area contributed by atoms with Gasteiger partial charge in [-0.2, -0.15) is 5.01 Å². The quantitative estimate of drug-likeness (QED) is 0.686. The number of rotatable bonds is 4. The summed E-state index contributed by atoms with van der Waals surface area (Å²) < 4.78 is 1.85. The van der Waals surface area contributed by atoms with Crippen molar-refractivity contribution in [1.82, 2.24) is 20.3 Å². The second-order valence-electron chi connectivity index (χ2n) is 7.03. The van der Waals surface area contributed by atoms with E-state index in [1.807, 2.05) is 47.9 Å². The van der Waals surface area contributed by atoms with Gasteiger partial charge in [-0.1, -0.05) is 48.5 Å². The number of fused-ring (bicyclic) bond motifs is 1. The molecule has 0 radical (unpaired) electrons. The number of hydrogen-bond donors (Lipinski definition) is 2. The molecule has 2 aromatic carbocycles. The Morgan fingerprint density at radius 2 is 1.75 bits per heavy atom. The molecule has 1 atom stereocenters. The molecule has 0 bridgehead atoms. The molecule has 2 heterocycles. The van der Waals surface area contributed by atoms with Crippen LogP contribution in [0.3, 0.4) is 0 Å². The van der Waals surface area contributed by atoms with Crippen molar-refractivity contribution in [3.05, 3.63) is 71.9 Å². The highest BCUT2D eigenvalue weighted by Gasteiger charge is 2.49. The fourth-order valence-corrected chi connectivity index (χ4v) is 3.57. The molecule has 28 heavy (non-hydrogen) atoms. The first-order valence-electron chi connectivity index (χ1n) is 8.97. The Morgan fingerprint density at radius 3 is 2.50 bits per heavy atom. The molecule has 4 rings (SSSR count). The maximum atomic E-state index is 12.9. The number of para-hydroxylation sites is 1. The summed E-state index contributed by atoms with van der Waals surface area (Å²) in [5, 5.41) is 4.46. The van der Waals surface area contributed by atoms with Gasteiger partial charge in [-0.15, -0.1) is 0 Å². The lowest BCUT2D eigenvalue weighted by Crippen LogP contribution is -2.48. The van der Waals surface area contributed by atoms with E-state index in [0.717, 1.165) is 21.6 Å². The molecule has 1 aliphatic heterocycles. The van der Waals surface area contributed by atoms with Crippen molar-refractivity contribution >= 4 is 28.7 Å². The molecule has 1 aromatic heterocycles. The number of nitrogens with one attached hydrogen (secondary N) is 2. The van der Waals surface area contributed by atoms with Gasteiger partial charge in [0.15, 0.2) is 0 Å². The molecule has 2 N–H and O–H groups in total. The van der Waals surface area contributed by atoms with E-state index in [-0.39, 0.29) is 6.54 Å². The molecule has 142 valence electrons. The van der Waals surface area contributed by atoms with Gasteiger partial charge in [-0.25, -0.2) is 4.79 Å². The van der Waals surface area contributed by atoms with Crippen LogP contribution in [0.2, 0.25) is 0 Å². The minimum absolute atomic E-state index is 0.00153. The highest BCUT2D eigenvalue weighted by Crippen LogP contribution is 2.27. The molecular weight excluding hydrogens is 356 g/mol. The zero-order valence-corrected chi connectivity index (χ0v) is 15.6. The summed E-state index contributed by atoms with van der Waals surface area (Å²) in [6, 6.07) is 18.0. The summed E-state index contributed by atoms with van der Waals surface area (Å²) >= 11 is 0. The fourth-order valence-electron chi connectivity index (χ4n) is 3.57. The van der Waals surface area contributed by atoms with Crippen molar-refractivity contribution in [2.24, 2.45) is 0 Å². The first-order valence-corrected chi connectivity index (χ1v) is 8.97. The van der Waals surface area contributed by atoms with E-state index in [4.69, 9.17) is 0 Å². The number of hydrogen-bond acceptors (Lipinski definition) is 3. The fraction of sp³-hybridized carbons (Fsp3) is 0.190. The van der Waals surface area contributed by atoms with Crippen molar-refractivity contribution in [2.45, 2.75) is 25.9 Å². The molecule has 1 unspecified atom stereocenters. The van der Waals surface area contributed by atoms with Gasteiger partial charge in [-0.05, 0) is 36.9 Å². The Balaban J connectivity index is 1.54. The van der Waals surface area contributed by atoms with Gasteiger partial charge in [-0.3, -0.25) is 15.0 Å². The molecule has 0 spiro atoms. The summed E-state index contributed by atoms with van der Waals surface area (Å²) in [5.74, 6) is -0.976. The Labute approximate surface area is 161 Å². The summed E-state index contributed by atoms with van der Waals surface area (Å²) in [4.78, 5) is 37.8. The van der Waals surface area contributed by atoms with Crippen LogP contribution in [-0.4, -0.2) is 27.4 Å². The molecule has 1 fully saturated rings. The van der Waals surface area contributed by atoms with Crippen molar-refractivity contribution in [3.63, 3.8) is 0 Å². The number of hydrazine groups is 1. The number of benzene rings is 2.